The van der Waals surface area contributed by atoms with Crippen LogP contribution in [0.25, 0.3) is 6.08 Å². The van der Waals surface area contributed by atoms with E-state index >= 15 is 0 Å². The Morgan fingerprint density at radius 3 is 2.50 bits per heavy atom. The summed E-state index contributed by atoms with van der Waals surface area (Å²) in [5.41, 5.74) is 3.92. The Labute approximate surface area is 188 Å². The van der Waals surface area contributed by atoms with E-state index in [9.17, 15) is 4.79 Å². The van der Waals surface area contributed by atoms with Gasteiger partial charge in [-0.1, -0.05) is 48.6 Å². The zero-order valence-electron chi connectivity index (χ0n) is 18.2. The lowest BCUT2D eigenvalue weighted by molar-refractivity contribution is 0.0953. The van der Waals surface area contributed by atoms with Crippen molar-refractivity contribution in [2.45, 2.75) is 32.7 Å². The Balaban J connectivity index is 1.61. The molecule has 0 atom stereocenters. The van der Waals surface area contributed by atoms with Gasteiger partial charge in [0.25, 0.3) is 5.91 Å². The standard InChI is InChI=1S/C25H27N5O2/c1-2-32-25-29-22-16-19-11-13-21(14-12-19)23(31)26-15-5-3-4-6-18-7-9-20(10-8-18)17-27-24(28-22)30-25/h4,6-14H,2-3,5,15-17H2,1H3,(H,26,31)(H,27,28,29,30)/b6-4+. The number of carbonyl (C=O) groups is 1. The van der Waals surface area contributed by atoms with E-state index in [-0.39, 0.29) is 5.91 Å². The van der Waals surface area contributed by atoms with Crippen molar-refractivity contribution in [1.82, 2.24) is 20.3 Å². The molecule has 4 aliphatic rings. The minimum absolute atomic E-state index is 0.0627. The maximum absolute atomic E-state index is 12.4. The fourth-order valence-electron chi connectivity index (χ4n) is 3.38. The van der Waals surface area contributed by atoms with Crippen molar-refractivity contribution in [3.05, 3.63) is 82.7 Å². The lowest BCUT2D eigenvalue weighted by Crippen LogP contribution is -2.24. The van der Waals surface area contributed by atoms with Crippen molar-refractivity contribution in [2.75, 3.05) is 18.5 Å². The summed E-state index contributed by atoms with van der Waals surface area (Å²) in [7, 11) is 0. The number of amides is 1. The van der Waals surface area contributed by atoms with Gasteiger partial charge in [-0.25, -0.2) is 0 Å². The molecule has 3 aromatic rings. The first-order valence-electron chi connectivity index (χ1n) is 10.9. The zero-order valence-corrected chi connectivity index (χ0v) is 18.2. The van der Waals surface area contributed by atoms with E-state index in [0.717, 1.165) is 29.5 Å². The van der Waals surface area contributed by atoms with Gasteiger partial charge in [0.15, 0.2) is 0 Å². The van der Waals surface area contributed by atoms with E-state index < -0.39 is 0 Å². The Morgan fingerprint density at radius 2 is 1.72 bits per heavy atom. The summed E-state index contributed by atoms with van der Waals surface area (Å²) >= 11 is 0. The van der Waals surface area contributed by atoms with Crippen molar-refractivity contribution in [2.24, 2.45) is 0 Å². The average Bonchev–Trinajstić information content (AvgIpc) is 2.81. The number of aromatic nitrogens is 3. The van der Waals surface area contributed by atoms with Gasteiger partial charge in [-0.3, -0.25) is 4.79 Å². The summed E-state index contributed by atoms with van der Waals surface area (Å²) < 4.78 is 5.54. The highest BCUT2D eigenvalue weighted by molar-refractivity contribution is 5.94. The van der Waals surface area contributed by atoms with Crippen molar-refractivity contribution >= 4 is 17.9 Å². The molecule has 0 spiro atoms. The van der Waals surface area contributed by atoms with Crippen molar-refractivity contribution in [1.29, 1.82) is 0 Å². The summed E-state index contributed by atoms with van der Waals surface area (Å²) in [5, 5.41) is 6.26. The van der Waals surface area contributed by atoms with Crippen LogP contribution in [0.4, 0.5) is 5.95 Å². The molecule has 32 heavy (non-hydrogen) atoms. The smallest absolute Gasteiger partial charge is 0.321 e. The summed E-state index contributed by atoms with van der Waals surface area (Å²) in [5.74, 6) is 1.02. The van der Waals surface area contributed by atoms with Gasteiger partial charge in [0, 0.05) is 25.1 Å². The quantitative estimate of drug-likeness (QED) is 0.640. The number of anilines is 1. The van der Waals surface area contributed by atoms with Gasteiger partial charge in [0.2, 0.25) is 5.95 Å². The highest BCUT2D eigenvalue weighted by atomic mass is 16.5. The SMILES string of the molecule is CCOc1nc2nc(n1)NCc1ccc(cc1)/C=C/CCCNC(=O)c1ccc(cc1)C2. The van der Waals surface area contributed by atoms with Crippen LogP contribution in [0.5, 0.6) is 6.01 Å². The van der Waals surface area contributed by atoms with Crippen LogP contribution in [0.15, 0.2) is 54.6 Å². The lowest BCUT2D eigenvalue weighted by atomic mass is 10.1. The third-order valence-corrected chi connectivity index (χ3v) is 5.09. The first-order chi connectivity index (χ1) is 15.7. The van der Waals surface area contributed by atoms with Crippen LogP contribution < -0.4 is 15.4 Å². The third-order valence-electron chi connectivity index (χ3n) is 5.09. The zero-order chi connectivity index (χ0) is 22.2. The third kappa shape index (κ3) is 5.91. The van der Waals surface area contributed by atoms with E-state index in [1.54, 1.807) is 0 Å². The molecule has 2 aromatic carbocycles. The minimum atomic E-state index is -0.0627. The van der Waals surface area contributed by atoms with Crippen LogP contribution in [-0.4, -0.2) is 34.0 Å². The second-order valence-electron chi connectivity index (χ2n) is 7.56. The van der Waals surface area contributed by atoms with E-state index in [1.165, 1.54) is 0 Å². The number of carbonyl (C=O) groups excluding carboxylic acids is 1. The molecule has 0 fully saturated rings. The Hall–Kier alpha value is -3.74. The van der Waals surface area contributed by atoms with Crippen LogP contribution >= 0.6 is 0 Å². The fraction of sp³-hybridized carbons (Fsp3) is 0.280. The second-order valence-corrected chi connectivity index (χ2v) is 7.56. The molecule has 4 aliphatic heterocycles. The minimum Gasteiger partial charge on any atom is -0.464 e. The summed E-state index contributed by atoms with van der Waals surface area (Å²) in [6.45, 7) is 3.61. The van der Waals surface area contributed by atoms with Crippen LogP contribution in [0.3, 0.4) is 0 Å². The van der Waals surface area contributed by atoms with Crippen molar-refractivity contribution in [3.8, 4) is 6.01 Å². The molecule has 1 amide bonds. The molecular formula is C25H27N5O2. The van der Waals surface area contributed by atoms with E-state index in [2.05, 4.69) is 62.0 Å². The molecule has 164 valence electrons. The lowest BCUT2D eigenvalue weighted by Gasteiger charge is -2.10. The molecule has 0 saturated carbocycles. The number of ether oxygens (including phenoxy) is 1. The summed E-state index contributed by atoms with van der Waals surface area (Å²) in [4.78, 5) is 25.8. The summed E-state index contributed by atoms with van der Waals surface area (Å²) in [6.07, 6.45) is 6.56. The van der Waals surface area contributed by atoms with Gasteiger partial charge < -0.3 is 15.4 Å². The van der Waals surface area contributed by atoms with Crippen LogP contribution in [-0.2, 0) is 13.0 Å². The van der Waals surface area contributed by atoms with Crippen molar-refractivity contribution in [3.63, 3.8) is 0 Å². The van der Waals surface area contributed by atoms with Crippen LogP contribution in [0, 0.1) is 0 Å². The number of hydrogen-bond donors (Lipinski definition) is 2. The molecular weight excluding hydrogens is 402 g/mol. The number of nitrogens with zero attached hydrogens (tertiary/aromatic N) is 3. The number of benzene rings is 2. The van der Waals surface area contributed by atoms with E-state index in [1.807, 2.05) is 31.2 Å². The molecule has 7 heteroatoms. The molecule has 1 aromatic heterocycles. The molecule has 5 heterocycles. The van der Waals surface area contributed by atoms with Gasteiger partial charge in [0.05, 0.1) is 6.61 Å². The second kappa shape index (κ2) is 10.5. The molecule has 0 aliphatic carbocycles. The molecule has 0 radical (unpaired) electrons. The van der Waals surface area contributed by atoms with Crippen LogP contribution in [0.2, 0.25) is 0 Å². The van der Waals surface area contributed by atoms with E-state index in [4.69, 9.17) is 4.74 Å². The molecule has 6 bridgehead atoms. The maximum atomic E-state index is 12.4. The topological polar surface area (TPSA) is 89.0 Å². The Bertz CT molecular complexity index is 1080. The first-order valence-corrected chi connectivity index (χ1v) is 10.9. The van der Waals surface area contributed by atoms with E-state index in [0.29, 0.717) is 49.5 Å². The predicted octanol–water partition coefficient (Wildman–Crippen LogP) is 4.01. The molecule has 7 rings (SSSR count). The van der Waals surface area contributed by atoms with Crippen LogP contribution in [0.1, 0.15) is 52.6 Å². The largest absolute Gasteiger partial charge is 0.464 e. The number of rotatable bonds is 2. The maximum Gasteiger partial charge on any atom is 0.321 e. The highest BCUT2D eigenvalue weighted by Gasteiger charge is 2.10. The van der Waals surface area contributed by atoms with Gasteiger partial charge in [-0.2, -0.15) is 15.0 Å². The number of hydrogen-bond acceptors (Lipinski definition) is 6. The average molecular weight is 430 g/mol. The monoisotopic (exact) mass is 429 g/mol. The van der Waals surface area contributed by atoms with Gasteiger partial charge >= 0.3 is 6.01 Å². The molecule has 2 N–H and O–H groups in total. The Morgan fingerprint density at radius 1 is 0.938 bits per heavy atom. The van der Waals surface area contributed by atoms with Gasteiger partial charge in [-0.05, 0) is 48.6 Å². The van der Waals surface area contributed by atoms with Crippen molar-refractivity contribution < 1.29 is 9.53 Å². The van der Waals surface area contributed by atoms with Gasteiger partial charge in [-0.15, -0.1) is 0 Å². The van der Waals surface area contributed by atoms with Gasteiger partial charge in [0.1, 0.15) is 5.82 Å². The normalized spacial score (nSPS) is 15.3. The molecule has 7 nitrogen and oxygen atoms in total. The number of nitrogens with one attached hydrogen (secondary N) is 2. The Kier molecular flexibility index (Phi) is 7.07. The predicted molar refractivity (Wildman–Crippen MR) is 125 cm³/mol. The molecule has 0 unspecified atom stereocenters. The first kappa shape index (κ1) is 21.5. The number of allylic oxidation sites excluding steroid dienone is 1. The summed E-state index contributed by atoms with van der Waals surface area (Å²) in [6, 6.07) is 16.2. The highest BCUT2D eigenvalue weighted by Crippen LogP contribution is 2.15. The fourth-order valence-corrected chi connectivity index (χ4v) is 3.38. The molecule has 0 saturated heterocycles.